The van der Waals surface area contributed by atoms with Crippen LogP contribution in [-0.4, -0.2) is 33.9 Å². The van der Waals surface area contributed by atoms with E-state index in [1.807, 2.05) is 11.0 Å². The highest BCUT2D eigenvalue weighted by molar-refractivity contribution is 5.76. The van der Waals surface area contributed by atoms with Crippen molar-refractivity contribution in [2.45, 2.75) is 31.6 Å². The van der Waals surface area contributed by atoms with E-state index in [1.165, 1.54) is 6.07 Å². The first-order chi connectivity index (χ1) is 11.2. The van der Waals surface area contributed by atoms with Crippen LogP contribution in [0, 0.1) is 5.82 Å². The number of rotatable bonds is 4. The summed E-state index contributed by atoms with van der Waals surface area (Å²) in [6, 6.07) is 8.55. The van der Waals surface area contributed by atoms with Crippen molar-refractivity contribution in [1.82, 2.24) is 14.9 Å². The van der Waals surface area contributed by atoms with Gasteiger partial charge in [-0.1, -0.05) is 18.2 Å². The number of piperidine rings is 1. The standard InChI is InChI=1S/C18H20FN3O/c19-16-6-2-1-4-14(16)7-8-18(23)22-11-3-5-15(12-22)17-9-10-20-13-21-17/h1-2,4,6,9-10,13,15H,3,5,7-8,11-12H2. The molecule has 2 heterocycles. The SMILES string of the molecule is O=C(CCc1ccccc1F)N1CCCC(c2ccncn2)C1. The fourth-order valence-corrected chi connectivity index (χ4v) is 3.09. The van der Waals surface area contributed by atoms with Crippen LogP contribution in [0.3, 0.4) is 0 Å². The highest BCUT2D eigenvalue weighted by Crippen LogP contribution is 2.25. The van der Waals surface area contributed by atoms with E-state index >= 15 is 0 Å². The Morgan fingerprint density at radius 1 is 1.30 bits per heavy atom. The van der Waals surface area contributed by atoms with Gasteiger partial charge in [-0.3, -0.25) is 4.79 Å². The van der Waals surface area contributed by atoms with E-state index in [1.54, 1.807) is 30.7 Å². The molecule has 1 fully saturated rings. The Balaban J connectivity index is 1.58. The van der Waals surface area contributed by atoms with Crippen LogP contribution in [0.2, 0.25) is 0 Å². The van der Waals surface area contributed by atoms with E-state index in [0.29, 0.717) is 24.9 Å². The molecule has 0 saturated carbocycles. The van der Waals surface area contributed by atoms with Crippen LogP contribution < -0.4 is 0 Å². The minimum absolute atomic E-state index is 0.0898. The van der Waals surface area contributed by atoms with Crippen molar-refractivity contribution in [2.24, 2.45) is 0 Å². The average Bonchev–Trinajstić information content (AvgIpc) is 2.62. The van der Waals surface area contributed by atoms with E-state index in [-0.39, 0.29) is 17.6 Å². The van der Waals surface area contributed by atoms with Gasteiger partial charge < -0.3 is 4.90 Å². The Morgan fingerprint density at radius 2 is 2.17 bits per heavy atom. The Kier molecular flexibility index (Phi) is 4.95. The summed E-state index contributed by atoms with van der Waals surface area (Å²) in [6.07, 6.45) is 6.08. The molecule has 0 N–H and O–H groups in total. The molecular weight excluding hydrogens is 293 g/mol. The Bertz CT molecular complexity index is 662. The number of likely N-dealkylation sites (tertiary alicyclic amines) is 1. The van der Waals surface area contributed by atoms with Gasteiger partial charge in [-0.25, -0.2) is 14.4 Å². The van der Waals surface area contributed by atoms with E-state index in [4.69, 9.17) is 0 Å². The summed E-state index contributed by atoms with van der Waals surface area (Å²) >= 11 is 0. The normalized spacial score (nSPS) is 18.0. The fraction of sp³-hybridized carbons (Fsp3) is 0.389. The fourth-order valence-electron chi connectivity index (χ4n) is 3.09. The molecule has 1 aliphatic rings. The Labute approximate surface area is 135 Å². The minimum atomic E-state index is -0.238. The second-order valence-electron chi connectivity index (χ2n) is 5.90. The van der Waals surface area contributed by atoms with Crippen LogP contribution in [0.25, 0.3) is 0 Å². The maximum atomic E-state index is 13.6. The molecule has 23 heavy (non-hydrogen) atoms. The number of aromatic nitrogens is 2. The number of nitrogens with zero attached hydrogens (tertiary/aromatic N) is 3. The highest BCUT2D eigenvalue weighted by Gasteiger charge is 2.25. The minimum Gasteiger partial charge on any atom is -0.342 e. The second kappa shape index (κ2) is 7.31. The van der Waals surface area contributed by atoms with E-state index in [0.717, 1.165) is 25.1 Å². The largest absolute Gasteiger partial charge is 0.342 e. The maximum Gasteiger partial charge on any atom is 0.222 e. The number of benzene rings is 1. The summed E-state index contributed by atoms with van der Waals surface area (Å²) in [5, 5.41) is 0. The predicted molar refractivity (Wildman–Crippen MR) is 85.3 cm³/mol. The molecular formula is C18H20FN3O. The molecule has 1 aromatic heterocycles. The van der Waals surface area contributed by atoms with Crippen molar-refractivity contribution in [2.75, 3.05) is 13.1 Å². The van der Waals surface area contributed by atoms with Gasteiger partial charge >= 0.3 is 0 Å². The van der Waals surface area contributed by atoms with Crippen molar-refractivity contribution in [3.05, 3.63) is 59.9 Å². The summed E-state index contributed by atoms with van der Waals surface area (Å²) in [4.78, 5) is 22.6. The zero-order valence-corrected chi connectivity index (χ0v) is 13.0. The third kappa shape index (κ3) is 3.92. The quantitative estimate of drug-likeness (QED) is 0.872. The molecule has 3 rings (SSSR count). The smallest absolute Gasteiger partial charge is 0.222 e. The molecule has 1 amide bonds. The van der Waals surface area contributed by atoms with Gasteiger partial charge in [-0.15, -0.1) is 0 Å². The van der Waals surface area contributed by atoms with E-state index in [2.05, 4.69) is 9.97 Å². The number of amides is 1. The third-order valence-corrected chi connectivity index (χ3v) is 4.36. The molecule has 1 aromatic carbocycles. The number of hydrogen-bond donors (Lipinski definition) is 0. The van der Waals surface area contributed by atoms with Gasteiger partial charge in [0.05, 0.1) is 0 Å². The molecule has 0 radical (unpaired) electrons. The zero-order chi connectivity index (χ0) is 16.1. The number of carbonyl (C=O) groups excluding carboxylic acids is 1. The summed E-state index contributed by atoms with van der Waals surface area (Å²) < 4.78 is 13.6. The topological polar surface area (TPSA) is 46.1 Å². The van der Waals surface area contributed by atoms with Crippen LogP contribution >= 0.6 is 0 Å². The maximum absolute atomic E-state index is 13.6. The first-order valence-electron chi connectivity index (χ1n) is 8.01. The lowest BCUT2D eigenvalue weighted by molar-refractivity contribution is -0.132. The number of aryl methyl sites for hydroxylation is 1. The molecule has 1 atom stereocenters. The number of carbonyl (C=O) groups is 1. The van der Waals surface area contributed by atoms with Crippen molar-refractivity contribution in [3.63, 3.8) is 0 Å². The first kappa shape index (κ1) is 15.6. The molecule has 0 spiro atoms. The van der Waals surface area contributed by atoms with Gasteiger partial charge in [-0.2, -0.15) is 0 Å². The molecule has 0 aliphatic carbocycles. The van der Waals surface area contributed by atoms with Gasteiger partial charge in [0.1, 0.15) is 12.1 Å². The molecule has 1 saturated heterocycles. The van der Waals surface area contributed by atoms with Crippen LogP contribution in [0.4, 0.5) is 4.39 Å². The summed E-state index contributed by atoms with van der Waals surface area (Å²) in [5.74, 6) is 0.119. The van der Waals surface area contributed by atoms with E-state index < -0.39 is 0 Å². The lowest BCUT2D eigenvalue weighted by Gasteiger charge is -2.32. The lowest BCUT2D eigenvalue weighted by atomic mass is 9.94. The van der Waals surface area contributed by atoms with Gasteiger partial charge in [0.25, 0.3) is 0 Å². The van der Waals surface area contributed by atoms with Crippen LogP contribution in [0.15, 0.2) is 42.9 Å². The van der Waals surface area contributed by atoms with Crippen molar-refractivity contribution < 1.29 is 9.18 Å². The molecule has 1 aliphatic heterocycles. The molecule has 4 nitrogen and oxygen atoms in total. The summed E-state index contributed by atoms with van der Waals surface area (Å²) in [7, 11) is 0. The van der Waals surface area contributed by atoms with Crippen LogP contribution in [-0.2, 0) is 11.2 Å². The molecule has 0 bridgehead atoms. The molecule has 1 unspecified atom stereocenters. The Morgan fingerprint density at radius 3 is 2.96 bits per heavy atom. The van der Waals surface area contributed by atoms with Crippen LogP contribution in [0.1, 0.15) is 36.4 Å². The molecule has 2 aromatic rings. The van der Waals surface area contributed by atoms with Gasteiger partial charge in [0.2, 0.25) is 5.91 Å². The van der Waals surface area contributed by atoms with E-state index in [9.17, 15) is 9.18 Å². The van der Waals surface area contributed by atoms with Gasteiger partial charge in [0, 0.05) is 37.3 Å². The second-order valence-corrected chi connectivity index (χ2v) is 5.90. The van der Waals surface area contributed by atoms with Gasteiger partial charge in [-0.05, 0) is 37.0 Å². The number of hydrogen-bond acceptors (Lipinski definition) is 3. The van der Waals surface area contributed by atoms with Crippen LogP contribution in [0.5, 0.6) is 0 Å². The summed E-state index contributed by atoms with van der Waals surface area (Å²) in [5.41, 5.74) is 1.59. The van der Waals surface area contributed by atoms with Crippen molar-refractivity contribution in [3.8, 4) is 0 Å². The average molecular weight is 313 g/mol. The first-order valence-corrected chi connectivity index (χ1v) is 8.01. The molecule has 120 valence electrons. The van der Waals surface area contributed by atoms with Crippen molar-refractivity contribution >= 4 is 5.91 Å². The Hall–Kier alpha value is -2.30. The van der Waals surface area contributed by atoms with Crippen molar-refractivity contribution in [1.29, 1.82) is 0 Å². The monoisotopic (exact) mass is 313 g/mol. The lowest BCUT2D eigenvalue weighted by Crippen LogP contribution is -2.39. The zero-order valence-electron chi connectivity index (χ0n) is 13.0. The number of halogens is 1. The summed E-state index contributed by atoms with van der Waals surface area (Å²) in [6.45, 7) is 1.46. The molecule has 5 heteroatoms. The predicted octanol–water partition coefficient (Wildman–Crippen LogP) is 2.95. The van der Waals surface area contributed by atoms with Gasteiger partial charge in [0.15, 0.2) is 0 Å². The highest BCUT2D eigenvalue weighted by atomic mass is 19.1. The third-order valence-electron chi connectivity index (χ3n) is 4.36.